The Morgan fingerprint density at radius 3 is 2.19 bits per heavy atom. The van der Waals surface area contributed by atoms with Crippen LogP contribution in [0.4, 0.5) is 14.5 Å². The second kappa shape index (κ2) is 5.36. The summed E-state index contributed by atoms with van der Waals surface area (Å²) in [5.74, 6) is -3.51. The molecule has 0 saturated carbocycles. The Kier molecular flexibility index (Phi) is 4.33. The van der Waals surface area contributed by atoms with Crippen LogP contribution in [0.25, 0.3) is 0 Å². The van der Waals surface area contributed by atoms with Crippen LogP contribution in [0.5, 0.6) is 0 Å². The molecule has 6 nitrogen and oxygen atoms in total. The number of nitrogens with one attached hydrogen (secondary N) is 1. The molecule has 116 valence electrons. The summed E-state index contributed by atoms with van der Waals surface area (Å²) in [6, 6.07) is 0.810. The number of rotatable bonds is 4. The number of nitro benzene ring substituents is 1. The van der Waals surface area contributed by atoms with Gasteiger partial charge in [0, 0.05) is 0 Å². The molecule has 0 heterocycles. The number of aliphatic hydroxyl groups is 1. The van der Waals surface area contributed by atoms with Crippen LogP contribution < -0.4 is 5.32 Å². The average Bonchev–Trinajstić information content (AvgIpc) is 2.29. The first-order valence-electron chi connectivity index (χ1n) is 6.05. The first-order valence-corrected chi connectivity index (χ1v) is 6.05. The van der Waals surface area contributed by atoms with E-state index < -0.39 is 44.9 Å². The van der Waals surface area contributed by atoms with Crippen molar-refractivity contribution in [3.05, 3.63) is 39.4 Å². The number of nitro groups is 1. The molecule has 8 heteroatoms. The van der Waals surface area contributed by atoms with Gasteiger partial charge in [0.05, 0.1) is 27.7 Å². The summed E-state index contributed by atoms with van der Waals surface area (Å²) < 4.78 is 27.2. The summed E-state index contributed by atoms with van der Waals surface area (Å²) in [5, 5.41) is 22.8. The lowest BCUT2D eigenvalue weighted by Crippen LogP contribution is -2.57. The van der Waals surface area contributed by atoms with Crippen LogP contribution >= 0.6 is 0 Å². The van der Waals surface area contributed by atoms with Crippen molar-refractivity contribution >= 4 is 11.6 Å². The zero-order valence-electron chi connectivity index (χ0n) is 12.0. The minimum Gasteiger partial charge on any atom is -0.388 e. The maximum atomic E-state index is 13.7. The zero-order chi connectivity index (χ0) is 16.6. The fourth-order valence-corrected chi connectivity index (χ4v) is 1.35. The van der Waals surface area contributed by atoms with Gasteiger partial charge in [0.2, 0.25) is 5.82 Å². The quantitative estimate of drug-likeness (QED) is 0.658. The van der Waals surface area contributed by atoms with Crippen LogP contribution in [0, 0.1) is 21.7 Å². The molecular formula is C13H16F2N2O4. The molecule has 0 radical (unpaired) electrons. The molecule has 0 fully saturated rings. The van der Waals surface area contributed by atoms with Crippen molar-refractivity contribution in [3.63, 3.8) is 0 Å². The van der Waals surface area contributed by atoms with Gasteiger partial charge in [0.25, 0.3) is 5.91 Å². The highest BCUT2D eigenvalue weighted by molar-refractivity contribution is 5.95. The molecule has 0 aliphatic rings. The molecule has 0 saturated heterocycles. The third-order valence-electron chi connectivity index (χ3n) is 3.43. The Hall–Kier alpha value is -2.09. The van der Waals surface area contributed by atoms with Crippen molar-refractivity contribution in [2.45, 2.75) is 38.8 Å². The second-order valence-electron chi connectivity index (χ2n) is 5.68. The molecule has 0 aliphatic carbocycles. The number of benzene rings is 1. The predicted molar refractivity (Wildman–Crippen MR) is 70.9 cm³/mol. The molecule has 0 aliphatic heterocycles. The van der Waals surface area contributed by atoms with Gasteiger partial charge in [-0.3, -0.25) is 14.9 Å². The van der Waals surface area contributed by atoms with E-state index in [4.69, 9.17) is 0 Å². The van der Waals surface area contributed by atoms with Gasteiger partial charge in [0.1, 0.15) is 5.82 Å². The lowest BCUT2D eigenvalue weighted by molar-refractivity contribution is -0.387. The highest BCUT2D eigenvalue weighted by Gasteiger charge is 2.37. The number of hydrogen-bond acceptors (Lipinski definition) is 4. The Labute approximate surface area is 119 Å². The predicted octanol–water partition coefficient (Wildman–Crippen LogP) is 2.15. The van der Waals surface area contributed by atoms with E-state index in [0.29, 0.717) is 12.1 Å². The van der Waals surface area contributed by atoms with Gasteiger partial charge < -0.3 is 10.4 Å². The van der Waals surface area contributed by atoms with Gasteiger partial charge >= 0.3 is 5.69 Å². The number of carbonyl (C=O) groups is 1. The fraction of sp³-hybridized carbons (Fsp3) is 0.462. The SMILES string of the molecule is CC(C)(O)C(C)(C)NC(=O)c1cc(F)c([N+](=O)[O-])cc1F. The first kappa shape index (κ1) is 17.0. The Morgan fingerprint density at radius 2 is 1.76 bits per heavy atom. The molecule has 0 bridgehead atoms. The summed E-state index contributed by atoms with van der Waals surface area (Å²) in [4.78, 5) is 21.4. The molecule has 0 atom stereocenters. The van der Waals surface area contributed by atoms with E-state index in [1.807, 2.05) is 0 Å². The Balaban J connectivity index is 3.16. The average molecular weight is 302 g/mol. The summed E-state index contributed by atoms with van der Waals surface area (Å²) >= 11 is 0. The summed E-state index contributed by atoms with van der Waals surface area (Å²) in [6.45, 7) is 5.90. The van der Waals surface area contributed by atoms with Crippen molar-refractivity contribution < 1.29 is 23.6 Å². The van der Waals surface area contributed by atoms with Crippen molar-refractivity contribution in [2.24, 2.45) is 0 Å². The molecule has 0 spiro atoms. The van der Waals surface area contributed by atoms with Gasteiger partial charge in [-0.25, -0.2) is 4.39 Å². The maximum Gasteiger partial charge on any atom is 0.307 e. The van der Waals surface area contributed by atoms with Crippen LogP contribution in [0.2, 0.25) is 0 Å². The number of amides is 1. The smallest absolute Gasteiger partial charge is 0.307 e. The van der Waals surface area contributed by atoms with Gasteiger partial charge in [-0.15, -0.1) is 0 Å². The molecule has 1 rings (SSSR count). The lowest BCUT2D eigenvalue weighted by Gasteiger charge is -2.38. The molecule has 1 aromatic carbocycles. The van der Waals surface area contributed by atoms with Gasteiger partial charge in [0.15, 0.2) is 0 Å². The van der Waals surface area contributed by atoms with Gasteiger partial charge in [-0.2, -0.15) is 4.39 Å². The maximum absolute atomic E-state index is 13.7. The van der Waals surface area contributed by atoms with Crippen LogP contribution in [0.3, 0.4) is 0 Å². The standard InChI is InChI=1S/C13H16F2N2O4/c1-12(2,13(3,4)19)16-11(18)7-5-9(15)10(17(20)21)6-8(7)14/h5-6,19H,1-4H3,(H,16,18). The van der Waals surface area contributed by atoms with E-state index in [9.17, 15) is 28.8 Å². The van der Waals surface area contributed by atoms with Gasteiger partial charge in [-0.05, 0) is 33.8 Å². The van der Waals surface area contributed by atoms with E-state index in [1.54, 1.807) is 0 Å². The van der Waals surface area contributed by atoms with E-state index in [2.05, 4.69) is 5.32 Å². The lowest BCUT2D eigenvalue weighted by atomic mass is 9.85. The normalized spacial score (nSPS) is 12.1. The first-order chi connectivity index (χ1) is 9.36. The summed E-state index contributed by atoms with van der Waals surface area (Å²) in [6.07, 6.45) is 0. The molecule has 0 aromatic heterocycles. The fourth-order valence-electron chi connectivity index (χ4n) is 1.35. The Morgan fingerprint density at radius 1 is 1.24 bits per heavy atom. The molecular weight excluding hydrogens is 286 g/mol. The topological polar surface area (TPSA) is 92.5 Å². The molecule has 1 amide bonds. The van der Waals surface area contributed by atoms with Crippen LogP contribution in [0.1, 0.15) is 38.1 Å². The minimum atomic E-state index is -1.32. The van der Waals surface area contributed by atoms with Crippen LogP contribution in [0.15, 0.2) is 12.1 Å². The number of carbonyl (C=O) groups excluding carboxylic acids is 1. The minimum absolute atomic E-state index is 0.349. The Bertz CT molecular complexity index is 595. The van der Waals surface area contributed by atoms with Crippen molar-refractivity contribution in [1.82, 2.24) is 5.32 Å². The summed E-state index contributed by atoms with van der Waals surface area (Å²) in [5.41, 5.74) is -4.17. The zero-order valence-corrected chi connectivity index (χ0v) is 12.0. The second-order valence-corrected chi connectivity index (χ2v) is 5.68. The number of nitrogens with zero attached hydrogens (tertiary/aromatic N) is 1. The molecule has 1 aromatic rings. The van der Waals surface area contributed by atoms with Crippen LogP contribution in [-0.4, -0.2) is 27.1 Å². The van der Waals surface area contributed by atoms with Crippen molar-refractivity contribution in [1.29, 1.82) is 0 Å². The van der Waals surface area contributed by atoms with Gasteiger partial charge in [-0.1, -0.05) is 0 Å². The van der Waals surface area contributed by atoms with E-state index >= 15 is 0 Å². The van der Waals surface area contributed by atoms with E-state index in [1.165, 1.54) is 27.7 Å². The molecule has 0 unspecified atom stereocenters. The van der Waals surface area contributed by atoms with Crippen LogP contribution in [-0.2, 0) is 0 Å². The third-order valence-corrected chi connectivity index (χ3v) is 3.43. The summed E-state index contributed by atoms with van der Waals surface area (Å²) in [7, 11) is 0. The highest BCUT2D eigenvalue weighted by Crippen LogP contribution is 2.24. The third kappa shape index (κ3) is 3.52. The van der Waals surface area contributed by atoms with E-state index in [0.717, 1.165) is 0 Å². The largest absolute Gasteiger partial charge is 0.388 e. The number of hydrogen-bond donors (Lipinski definition) is 2. The number of halogens is 2. The van der Waals surface area contributed by atoms with E-state index in [-0.39, 0.29) is 0 Å². The highest BCUT2D eigenvalue weighted by atomic mass is 19.1. The molecule has 2 N–H and O–H groups in total. The van der Waals surface area contributed by atoms with Crippen molar-refractivity contribution in [2.75, 3.05) is 0 Å². The molecule has 21 heavy (non-hydrogen) atoms. The monoisotopic (exact) mass is 302 g/mol. The van der Waals surface area contributed by atoms with Crippen molar-refractivity contribution in [3.8, 4) is 0 Å².